The topological polar surface area (TPSA) is 58.6 Å². The van der Waals surface area contributed by atoms with Crippen LogP contribution in [0.1, 0.15) is 10.6 Å². The average Bonchev–Trinajstić information content (AvgIpc) is 3.06. The molecule has 5 rings (SSSR count). The van der Waals surface area contributed by atoms with E-state index in [1.807, 2.05) is 18.2 Å². The second kappa shape index (κ2) is 5.71. The number of hydrogen-bond acceptors (Lipinski definition) is 4. The van der Waals surface area contributed by atoms with E-state index in [2.05, 4.69) is 9.97 Å². The highest BCUT2D eigenvalue weighted by Gasteiger charge is 2.16. The number of rotatable bonds is 2. The molecule has 2 aromatic carbocycles. The van der Waals surface area contributed by atoms with E-state index in [1.165, 1.54) is 12.1 Å². The van der Waals surface area contributed by atoms with Crippen LogP contribution in [-0.2, 0) is 6.42 Å². The van der Waals surface area contributed by atoms with Gasteiger partial charge in [0.25, 0.3) is 5.56 Å². The van der Waals surface area contributed by atoms with Crippen molar-refractivity contribution in [2.75, 3.05) is 0 Å². The molecule has 1 N–H and O–H groups in total. The van der Waals surface area contributed by atoms with Gasteiger partial charge in [-0.1, -0.05) is 0 Å². The Morgan fingerprint density at radius 1 is 1.04 bits per heavy atom. The number of nitrogens with one attached hydrogen (secondary N) is 1. The molecule has 3 heterocycles. The third-order valence-electron chi connectivity index (χ3n) is 4.49. The minimum absolute atomic E-state index is 0.218. The van der Waals surface area contributed by atoms with E-state index in [9.17, 15) is 9.18 Å². The van der Waals surface area contributed by atoms with Crippen LogP contribution in [0.4, 0.5) is 4.39 Å². The molecule has 0 aliphatic carbocycles. The first-order chi connectivity index (χ1) is 12.7. The van der Waals surface area contributed by atoms with Gasteiger partial charge in [-0.15, -0.1) is 11.3 Å². The largest absolute Gasteiger partial charge is 0.329 e. The van der Waals surface area contributed by atoms with Crippen LogP contribution in [0, 0.1) is 5.82 Å². The van der Waals surface area contributed by atoms with Gasteiger partial charge in [0.05, 0.1) is 20.6 Å². The second-order valence-corrected chi connectivity index (χ2v) is 7.19. The normalized spacial score (nSPS) is 11.6. The molecule has 0 radical (unpaired) electrons. The highest BCUT2D eigenvalue weighted by Crippen LogP contribution is 2.37. The van der Waals surface area contributed by atoms with Crippen LogP contribution in [0.5, 0.6) is 0 Å². The summed E-state index contributed by atoms with van der Waals surface area (Å²) in [7, 11) is 0. The predicted octanol–water partition coefficient (Wildman–Crippen LogP) is 4.42. The molecule has 126 valence electrons. The zero-order valence-electron chi connectivity index (χ0n) is 13.5. The summed E-state index contributed by atoms with van der Waals surface area (Å²) in [5.41, 5.74) is 1.72. The van der Waals surface area contributed by atoms with Crippen molar-refractivity contribution in [1.82, 2.24) is 15.0 Å². The Morgan fingerprint density at radius 3 is 2.73 bits per heavy atom. The summed E-state index contributed by atoms with van der Waals surface area (Å²) >= 11 is 1.57. The molecule has 26 heavy (non-hydrogen) atoms. The number of aromatic amines is 1. The Kier molecular flexibility index (Phi) is 3.33. The number of thiazole rings is 1. The van der Waals surface area contributed by atoms with Gasteiger partial charge in [-0.2, -0.15) is 0 Å². The van der Waals surface area contributed by atoms with Crippen molar-refractivity contribution in [2.24, 2.45) is 0 Å². The molecular weight excluding hydrogens is 349 g/mol. The number of pyridine rings is 2. The molecule has 0 bridgehead atoms. The van der Waals surface area contributed by atoms with Crippen LogP contribution >= 0.6 is 11.3 Å². The SMILES string of the molecule is O=c1[nH]ccc2c3sc(Cc4ccncc4)nc3c3ccc(F)cc3c12. The lowest BCUT2D eigenvalue weighted by molar-refractivity contribution is 0.630. The fraction of sp³-hybridized carbons (Fsp3) is 0.0500. The van der Waals surface area contributed by atoms with Gasteiger partial charge in [-0.05, 0) is 42.0 Å². The Labute approximate surface area is 151 Å². The number of benzene rings is 2. The standard InChI is InChI=1S/C20H12FN3OS/c21-12-1-2-13-15(10-12)17-14(5-8-23-20(17)25)19-18(13)24-16(26-19)9-11-3-6-22-7-4-11/h1-8,10H,9H2,(H,23,25). The highest BCUT2D eigenvalue weighted by molar-refractivity contribution is 7.19. The minimum atomic E-state index is -0.367. The van der Waals surface area contributed by atoms with Crippen molar-refractivity contribution in [3.05, 3.63) is 81.7 Å². The van der Waals surface area contributed by atoms with Gasteiger partial charge in [0.1, 0.15) is 5.82 Å². The van der Waals surface area contributed by atoms with Crippen LogP contribution in [-0.4, -0.2) is 15.0 Å². The molecule has 0 amide bonds. The molecule has 0 saturated carbocycles. The molecular formula is C20H12FN3OS. The average molecular weight is 361 g/mol. The third-order valence-corrected chi connectivity index (χ3v) is 5.58. The predicted molar refractivity (Wildman–Crippen MR) is 102 cm³/mol. The highest BCUT2D eigenvalue weighted by atomic mass is 32.1. The van der Waals surface area contributed by atoms with Crippen molar-refractivity contribution in [3.63, 3.8) is 0 Å². The minimum Gasteiger partial charge on any atom is -0.329 e. The van der Waals surface area contributed by atoms with Crippen molar-refractivity contribution in [1.29, 1.82) is 0 Å². The monoisotopic (exact) mass is 361 g/mol. The molecule has 0 spiro atoms. The Balaban J connectivity index is 1.87. The first-order valence-corrected chi connectivity index (χ1v) is 8.93. The van der Waals surface area contributed by atoms with Crippen LogP contribution in [0.25, 0.3) is 31.8 Å². The lowest BCUT2D eigenvalue weighted by Gasteiger charge is -2.05. The summed E-state index contributed by atoms with van der Waals surface area (Å²) in [4.78, 5) is 24.0. The zero-order valence-corrected chi connectivity index (χ0v) is 14.3. The zero-order chi connectivity index (χ0) is 17.7. The van der Waals surface area contributed by atoms with Gasteiger partial charge >= 0.3 is 0 Å². The van der Waals surface area contributed by atoms with Gasteiger partial charge in [0, 0.05) is 41.2 Å². The quantitative estimate of drug-likeness (QED) is 0.474. The summed E-state index contributed by atoms with van der Waals surface area (Å²) < 4.78 is 14.8. The molecule has 6 heteroatoms. The van der Waals surface area contributed by atoms with E-state index in [1.54, 1.807) is 36.0 Å². The van der Waals surface area contributed by atoms with Crippen LogP contribution in [0.3, 0.4) is 0 Å². The lowest BCUT2D eigenvalue weighted by atomic mass is 10.0. The molecule has 3 aromatic heterocycles. The Hall–Kier alpha value is -3.12. The Morgan fingerprint density at radius 2 is 1.88 bits per heavy atom. The lowest BCUT2D eigenvalue weighted by Crippen LogP contribution is -2.05. The molecule has 5 aromatic rings. The van der Waals surface area contributed by atoms with Crippen LogP contribution in [0.15, 0.2) is 59.8 Å². The van der Waals surface area contributed by atoms with Crippen molar-refractivity contribution in [3.8, 4) is 0 Å². The van der Waals surface area contributed by atoms with E-state index in [0.29, 0.717) is 17.2 Å². The summed E-state index contributed by atoms with van der Waals surface area (Å²) in [6.45, 7) is 0. The Bertz CT molecular complexity index is 1340. The summed E-state index contributed by atoms with van der Waals surface area (Å²) in [5, 5.41) is 3.65. The van der Waals surface area contributed by atoms with Gasteiger partial charge in [-0.3, -0.25) is 9.78 Å². The second-order valence-electron chi connectivity index (χ2n) is 6.10. The summed E-state index contributed by atoms with van der Waals surface area (Å²) in [6, 6.07) is 10.3. The van der Waals surface area contributed by atoms with E-state index in [4.69, 9.17) is 4.98 Å². The number of hydrogen-bond donors (Lipinski definition) is 1. The number of halogens is 1. The van der Waals surface area contributed by atoms with E-state index in [0.717, 1.165) is 31.6 Å². The van der Waals surface area contributed by atoms with Gasteiger partial charge in [-0.25, -0.2) is 9.37 Å². The maximum Gasteiger partial charge on any atom is 0.256 e. The summed E-state index contributed by atoms with van der Waals surface area (Å²) in [5.74, 6) is -0.367. The fourth-order valence-corrected chi connectivity index (χ4v) is 4.49. The molecule has 0 aliphatic rings. The molecule has 4 nitrogen and oxygen atoms in total. The first-order valence-electron chi connectivity index (χ1n) is 8.11. The van der Waals surface area contributed by atoms with E-state index >= 15 is 0 Å². The smallest absolute Gasteiger partial charge is 0.256 e. The van der Waals surface area contributed by atoms with Crippen LogP contribution < -0.4 is 5.56 Å². The van der Waals surface area contributed by atoms with Crippen molar-refractivity contribution >= 4 is 43.1 Å². The number of aromatic nitrogens is 3. The maximum absolute atomic E-state index is 13.9. The third kappa shape index (κ3) is 2.30. The maximum atomic E-state index is 13.9. The van der Waals surface area contributed by atoms with E-state index in [-0.39, 0.29) is 11.4 Å². The number of nitrogens with zero attached hydrogens (tertiary/aromatic N) is 2. The van der Waals surface area contributed by atoms with Gasteiger partial charge in [0.2, 0.25) is 0 Å². The van der Waals surface area contributed by atoms with E-state index < -0.39 is 0 Å². The van der Waals surface area contributed by atoms with Crippen molar-refractivity contribution < 1.29 is 4.39 Å². The molecule has 0 fully saturated rings. The fourth-order valence-electron chi connectivity index (χ4n) is 3.35. The van der Waals surface area contributed by atoms with Crippen LogP contribution in [0.2, 0.25) is 0 Å². The molecule has 0 aliphatic heterocycles. The van der Waals surface area contributed by atoms with Gasteiger partial charge < -0.3 is 4.98 Å². The number of fused-ring (bicyclic) bond motifs is 6. The van der Waals surface area contributed by atoms with Gasteiger partial charge in [0.15, 0.2) is 0 Å². The van der Waals surface area contributed by atoms with Crippen molar-refractivity contribution in [2.45, 2.75) is 6.42 Å². The summed E-state index contributed by atoms with van der Waals surface area (Å²) in [6.07, 6.45) is 5.83. The molecule has 0 saturated heterocycles. The first kappa shape index (κ1) is 15.2. The number of H-pyrrole nitrogens is 1. The molecule has 0 unspecified atom stereocenters. The molecule has 0 atom stereocenters.